The number of nitrogens with two attached hydrogens (primary N) is 1. The predicted octanol–water partition coefficient (Wildman–Crippen LogP) is 4.75. The Hall–Kier alpha value is -3.75. The van der Waals surface area contributed by atoms with E-state index in [1.807, 2.05) is 0 Å². The van der Waals surface area contributed by atoms with Crippen molar-refractivity contribution in [1.82, 2.24) is 9.55 Å². The molecule has 0 aliphatic rings. The first kappa shape index (κ1) is 23.4. The molecule has 0 aliphatic heterocycles. The van der Waals surface area contributed by atoms with Gasteiger partial charge in [-0.1, -0.05) is 23.2 Å². The van der Waals surface area contributed by atoms with Crippen LogP contribution in [0, 0.1) is 0 Å². The SMILES string of the molecule is COC(=O)c1c(-c2cc(OC)c(Cl)c(OC)c2)c2ccc(Cl)nc2c(=O)n1-c1ccc(N)cc1. The molecule has 0 amide bonds. The van der Waals surface area contributed by atoms with Crippen molar-refractivity contribution in [2.75, 3.05) is 27.1 Å². The van der Waals surface area contributed by atoms with Crippen LogP contribution in [0.2, 0.25) is 10.2 Å². The molecule has 2 aromatic carbocycles. The van der Waals surface area contributed by atoms with Crippen LogP contribution in [0.5, 0.6) is 11.5 Å². The van der Waals surface area contributed by atoms with Gasteiger partial charge < -0.3 is 19.9 Å². The van der Waals surface area contributed by atoms with Crippen molar-refractivity contribution in [3.63, 3.8) is 0 Å². The Balaban J connectivity index is 2.26. The van der Waals surface area contributed by atoms with E-state index in [0.29, 0.717) is 39.4 Å². The van der Waals surface area contributed by atoms with Gasteiger partial charge in [0.25, 0.3) is 5.56 Å². The lowest BCUT2D eigenvalue weighted by molar-refractivity contribution is 0.0591. The minimum Gasteiger partial charge on any atom is -0.495 e. The quantitative estimate of drug-likeness (QED) is 0.240. The summed E-state index contributed by atoms with van der Waals surface area (Å²) >= 11 is 12.5. The van der Waals surface area contributed by atoms with Gasteiger partial charge in [-0.3, -0.25) is 9.36 Å². The van der Waals surface area contributed by atoms with E-state index >= 15 is 0 Å². The van der Waals surface area contributed by atoms with Gasteiger partial charge in [0.15, 0.2) is 0 Å². The standard InChI is InChI=1S/C24H19Cl2N3O5/c1-32-16-10-12(11-17(33-2)20(16)26)19-15-8-9-18(25)28-21(15)23(30)29(22(19)24(31)34-3)14-6-4-13(27)5-7-14/h4-11H,27H2,1-3H3. The molecule has 2 heterocycles. The minimum atomic E-state index is -0.742. The van der Waals surface area contributed by atoms with Crippen LogP contribution in [0.15, 0.2) is 53.3 Å². The molecule has 10 heteroatoms. The Morgan fingerprint density at radius 2 is 1.59 bits per heavy atom. The van der Waals surface area contributed by atoms with Crippen molar-refractivity contribution in [2.24, 2.45) is 0 Å². The second-order valence-corrected chi connectivity index (χ2v) is 7.94. The van der Waals surface area contributed by atoms with Gasteiger partial charge >= 0.3 is 5.97 Å². The molecule has 2 N–H and O–H groups in total. The lowest BCUT2D eigenvalue weighted by Gasteiger charge is -2.19. The Bertz CT molecular complexity index is 1460. The van der Waals surface area contributed by atoms with Crippen molar-refractivity contribution in [1.29, 1.82) is 0 Å². The molecule has 8 nitrogen and oxygen atoms in total. The van der Waals surface area contributed by atoms with Gasteiger partial charge in [-0.15, -0.1) is 0 Å². The highest BCUT2D eigenvalue weighted by atomic mass is 35.5. The number of hydrogen-bond donors (Lipinski definition) is 1. The topological polar surface area (TPSA) is 106 Å². The first-order valence-corrected chi connectivity index (χ1v) is 10.7. The van der Waals surface area contributed by atoms with Crippen molar-refractivity contribution in [3.8, 4) is 28.3 Å². The summed E-state index contributed by atoms with van der Waals surface area (Å²) in [6.07, 6.45) is 0. The Morgan fingerprint density at radius 1 is 0.971 bits per heavy atom. The summed E-state index contributed by atoms with van der Waals surface area (Å²) in [7, 11) is 4.15. The third kappa shape index (κ3) is 3.91. The number of fused-ring (bicyclic) bond motifs is 1. The molecule has 0 spiro atoms. The zero-order valence-electron chi connectivity index (χ0n) is 18.4. The molecule has 0 fully saturated rings. The highest BCUT2D eigenvalue weighted by Gasteiger charge is 2.27. The van der Waals surface area contributed by atoms with Gasteiger partial charge in [-0.25, -0.2) is 9.78 Å². The van der Waals surface area contributed by atoms with Gasteiger partial charge in [0.1, 0.15) is 32.9 Å². The van der Waals surface area contributed by atoms with Gasteiger partial charge in [0.05, 0.1) is 21.3 Å². The molecule has 4 aromatic rings. The van der Waals surface area contributed by atoms with E-state index in [1.165, 1.54) is 32.0 Å². The summed E-state index contributed by atoms with van der Waals surface area (Å²) < 4.78 is 17.1. The number of methoxy groups -OCH3 is 3. The van der Waals surface area contributed by atoms with E-state index in [4.69, 9.17) is 43.1 Å². The van der Waals surface area contributed by atoms with Crippen molar-refractivity contribution < 1.29 is 19.0 Å². The number of hydrogen-bond acceptors (Lipinski definition) is 7. The smallest absolute Gasteiger partial charge is 0.355 e. The van der Waals surface area contributed by atoms with E-state index in [-0.39, 0.29) is 21.4 Å². The van der Waals surface area contributed by atoms with Crippen LogP contribution < -0.4 is 20.8 Å². The van der Waals surface area contributed by atoms with Crippen LogP contribution in [0.3, 0.4) is 0 Å². The van der Waals surface area contributed by atoms with E-state index in [0.717, 1.165) is 0 Å². The summed E-state index contributed by atoms with van der Waals surface area (Å²) in [6.45, 7) is 0. The third-order valence-corrected chi connectivity index (χ3v) is 5.84. The number of esters is 1. The van der Waals surface area contributed by atoms with E-state index in [2.05, 4.69) is 4.98 Å². The molecular formula is C24H19Cl2N3O5. The predicted molar refractivity (Wildman–Crippen MR) is 132 cm³/mol. The maximum absolute atomic E-state index is 13.6. The normalized spacial score (nSPS) is 10.9. The zero-order chi connectivity index (χ0) is 24.6. The van der Waals surface area contributed by atoms with Gasteiger partial charge in [0, 0.05) is 22.3 Å². The van der Waals surface area contributed by atoms with Gasteiger partial charge in [-0.2, -0.15) is 0 Å². The number of nitrogens with zero attached hydrogens (tertiary/aromatic N) is 2. The van der Waals surface area contributed by atoms with E-state index < -0.39 is 11.5 Å². The summed E-state index contributed by atoms with van der Waals surface area (Å²) in [5.74, 6) is -0.118. The number of rotatable bonds is 5. The lowest BCUT2D eigenvalue weighted by atomic mass is 9.97. The molecule has 0 aliphatic carbocycles. The number of halogens is 2. The van der Waals surface area contributed by atoms with Crippen LogP contribution in [-0.2, 0) is 4.74 Å². The number of benzene rings is 2. The zero-order valence-corrected chi connectivity index (χ0v) is 19.9. The number of pyridine rings is 2. The van der Waals surface area contributed by atoms with Gasteiger partial charge in [0.2, 0.25) is 0 Å². The van der Waals surface area contributed by atoms with Crippen molar-refractivity contribution in [2.45, 2.75) is 0 Å². The van der Waals surface area contributed by atoms with Crippen molar-refractivity contribution in [3.05, 3.63) is 74.8 Å². The molecule has 0 unspecified atom stereocenters. The summed E-state index contributed by atoms with van der Waals surface area (Å²) in [5.41, 5.74) is 7.02. The highest BCUT2D eigenvalue weighted by Crippen LogP contribution is 2.41. The Kier molecular flexibility index (Phi) is 6.37. The number of carbonyl (C=O) groups excluding carboxylic acids is 1. The average Bonchev–Trinajstić information content (AvgIpc) is 2.84. The highest BCUT2D eigenvalue weighted by molar-refractivity contribution is 6.33. The van der Waals surface area contributed by atoms with Crippen LogP contribution >= 0.6 is 23.2 Å². The fourth-order valence-electron chi connectivity index (χ4n) is 3.71. The first-order chi connectivity index (χ1) is 16.3. The molecule has 0 saturated heterocycles. The molecule has 174 valence electrons. The third-order valence-electron chi connectivity index (χ3n) is 5.26. The van der Waals surface area contributed by atoms with Crippen LogP contribution in [0.1, 0.15) is 10.5 Å². The molecular weight excluding hydrogens is 481 g/mol. The molecule has 0 bridgehead atoms. The van der Waals surface area contributed by atoms with Crippen molar-refractivity contribution >= 4 is 45.8 Å². The molecule has 4 rings (SSSR count). The second kappa shape index (κ2) is 9.24. The molecule has 34 heavy (non-hydrogen) atoms. The second-order valence-electron chi connectivity index (χ2n) is 7.17. The summed E-state index contributed by atoms with van der Waals surface area (Å²) in [6, 6.07) is 12.9. The molecule has 0 saturated carbocycles. The van der Waals surface area contributed by atoms with E-state index in [1.54, 1.807) is 42.5 Å². The monoisotopic (exact) mass is 499 g/mol. The van der Waals surface area contributed by atoms with Crippen LogP contribution in [-0.4, -0.2) is 36.8 Å². The summed E-state index contributed by atoms with van der Waals surface area (Å²) in [4.78, 5) is 31.0. The maximum Gasteiger partial charge on any atom is 0.355 e. The average molecular weight is 500 g/mol. The number of ether oxygens (including phenoxy) is 3. The van der Waals surface area contributed by atoms with Crippen LogP contribution in [0.4, 0.5) is 5.69 Å². The molecule has 2 aromatic heterocycles. The largest absolute Gasteiger partial charge is 0.495 e. The first-order valence-electron chi connectivity index (χ1n) is 9.92. The Morgan fingerprint density at radius 3 is 2.15 bits per heavy atom. The fourth-order valence-corrected chi connectivity index (χ4v) is 4.12. The number of anilines is 1. The number of aromatic nitrogens is 2. The Labute approximate surface area is 204 Å². The number of nitrogen functional groups attached to an aromatic ring is 1. The lowest BCUT2D eigenvalue weighted by Crippen LogP contribution is -2.27. The number of carbonyl (C=O) groups is 1. The van der Waals surface area contributed by atoms with Gasteiger partial charge in [-0.05, 0) is 54.1 Å². The molecule has 0 radical (unpaired) electrons. The maximum atomic E-state index is 13.6. The fraction of sp³-hybridized carbons (Fsp3) is 0.125. The molecule has 0 atom stereocenters. The van der Waals surface area contributed by atoms with E-state index in [9.17, 15) is 9.59 Å². The minimum absolute atomic E-state index is 0.0275. The summed E-state index contributed by atoms with van der Waals surface area (Å²) in [5, 5.41) is 0.759. The van der Waals surface area contributed by atoms with Crippen LogP contribution in [0.25, 0.3) is 27.7 Å².